The minimum Gasteiger partial charge on any atom is -0.359 e. The number of aromatic amines is 1. The molecule has 0 fully saturated rings. The summed E-state index contributed by atoms with van der Waals surface area (Å²) in [4.78, 5) is 25.7. The van der Waals surface area contributed by atoms with Crippen molar-refractivity contribution in [3.8, 4) is 0 Å². The molecule has 1 aliphatic heterocycles. The monoisotopic (exact) mass is 246 g/mol. The topological polar surface area (TPSA) is 62.0 Å². The van der Waals surface area contributed by atoms with E-state index in [1.165, 1.54) is 6.08 Å². The molecule has 0 bridgehead atoms. The number of nitrogens with one attached hydrogen (secondary N) is 2. The van der Waals surface area contributed by atoms with Crippen LogP contribution in [0.15, 0.2) is 30.5 Å². The zero-order valence-electron chi connectivity index (χ0n) is 8.58. The second-order valence-corrected chi connectivity index (χ2v) is 4.15. The number of rotatable bonds is 1. The zero-order chi connectivity index (χ0) is 12.0. The van der Waals surface area contributed by atoms with E-state index in [1.807, 2.05) is 6.07 Å². The molecule has 0 radical (unpaired) electrons. The summed E-state index contributed by atoms with van der Waals surface area (Å²) in [6.45, 7) is 0. The molecule has 1 aromatic heterocycles. The standard InChI is InChI=1S/C12H7ClN2O2/c13-9-3-1-2-6-8(5-14-11(6)9)7-4-10(16)15-12(7)17/h1-5,14H,(H,15,16,17). The molecule has 0 aliphatic carbocycles. The lowest BCUT2D eigenvalue weighted by molar-refractivity contribution is -0.123. The fourth-order valence-corrected chi connectivity index (χ4v) is 2.18. The molecule has 1 aliphatic rings. The molecule has 2 N–H and O–H groups in total. The van der Waals surface area contributed by atoms with E-state index < -0.39 is 0 Å². The van der Waals surface area contributed by atoms with E-state index in [-0.39, 0.29) is 11.8 Å². The number of amides is 2. The third-order valence-electron chi connectivity index (χ3n) is 2.71. The second kappa shape index (κ2) is 3.46. The Hall–Kier alpha value is -2.07. The van der Waals surface area contributed by atoms with E-state index in [9.17, 15) is 9.59 Å². The number of para-hydroxylation sites is 1. The molecule has 0 spiro atoms. The minimum atomic E-state index is -0.388. The van der Waals surface area contributed by atoms with Gasteiger partial charge in [0.15, 0.2) is 0 Å². The number of hydrogen-bond acceptors (Lipinski definition) is 2. The summed E-state index contributed by atoms with van der Waals surface area (Å²) in [5.41, 5.74) is 1.81. The van der Waals surface area contributed by atoms with Crippen LogP contribution in [0, 0.1) is 0 Å². The van der Waals surface area contributed by atoms with Crippen molar-refractivity contribution in [3.63, 3.8) is 0 Å². The summed E-state index contributed by atoms with van der Waals surface area (Å²) in [5.74, 6) is -0.766. The van der Waals surface area contributed by atoms with Crippen LogP contribution in [0.5, 0.6) is 0 Å². The highest BCUT2D eigenvalue weighted by Crippen LogP contribution is 2.30. The Bertz CT molecular complexity index is 685. The Morgan fingerprint density at radius 1 is 1.18 bits per heavy atom. The van der Waals surface area contributed by atoms with Crippen LogP contribution in [-0.2, 0) is 9.59 Å². The smallest absolute Gasteiger partial charge is 0.258 e. The van der Waals surface area contributed by atoms with Gasteiger partial charge in [0.1, 0.15) is 0 Å². The maximum atomic E-state index is 11.6. The van der Waals surface area contributed by atoms with Gasteiger partial charge in [-0.05, 0) is 6.07 Å². The average Bonchev–Trinajstić information content (AvgIpc) is 2.83. The summed E-state index contributed by atoms with van der Waals surface area (Å²) >= 11 is 6.02. The highest BCUT2D eigenvalue weighted by molar-refractivity contribution is 6.37. The van der Waals surface area contributed by atoms with E-state index in [2.05, 4.69) is 10.3 Å². The van der Waals surface area contributed by atoms with E-state index in [4.69, 9.17) is 11.6 Å². The average molecular weight is 247 g/mol. The van der Waals surface area contributed by atoms with Gasteiger partial charge < -0.3 is 4.98 Å². The summed E-state index contributed by atoms with van der Waals surface area (Å²) in [5, 5.41) is 3.63. The molecule has 0 atom stereocenters. The first-order chi connectivity index (χ1) is 8.16. The summed E-state index contributed by atoms with van der Waals surface area (Å²) < 4.78 is 0. The Kier molecular flexibility index (Phi) is 2.06. The highest BCUT2D eigenvalue weighted by Gasteiger charge is 2.24. The van der Waals surface area contributed by atoms with Crippen LogP contribution in [0.2, 0.25) is 5.02 Å². The molecule has 1 aromatic carbocycles. The Labute approximate surface area is 101 Å². The number of fused-ring (bicyclic) bond motifs is 1. The van der Waals surface area contributed by atoms with Crippen molar-refractivity contribution < 1.29 is 9.59 Å². The predicted octanol–water partition coefficient (Wildman–Crippen LogP) is 1.86. The van der Waals surface area contributed by atoms with Crippen LogP contribution >= 0.6 is 11.6 Å². The Morgan fingerprint density at radius 2 is 2.00 bits per heavy atom. The van der Waals surface area contributed by atoms with Crippen molar-refractivity contribution >= 4 is 39.9 Å². The lowest BCUT2D eigenvalue weighted by atomic mass is 10.1. The molecular weight excluding hydrogens is 240 g/mol. The number of imide groups is 1. The molecule has 2 amide bonds. The van der Waals surface area contributed by atoms with Crippen molar-refractivity contribution in [2.75, 3.05) is 0 Å². The van der Waals surface area contributed by atoms with Gasteiger partial charge >= 0.3 is 0 Å². The van der Waals surface area contributed by atoms with E-state index in [0.717, 1.165) is 10.9 Å². The normalized spacial score (nSPS) is 15.2. The molecule has 5 heteroatoms. The molecule has 4 nitrogen and oxygen atoms in total. The van der Waals surface area contributed by atoms with Gasteiger partial charge in [0.2, 0.25) is 0 Å². The number of carbonyl (C=O) groups excluding carboxylic acids is 2. The van der Waals surface area contributed by atoms with Crippen LogP contribution in [-0.4, -0.2) is 16.8 Å². The van der Waals surface area contributed by atoms with E-state index >= 15 is 0 Å². The van der Waals surface area contributed by atoms with Crippen LogP contribution in [0.3, 0.4) is 0 Å². The van der Waals surface area contributed by atoms with Crippen molar-refractivity contribution in [3.05, 3.63) is 41.1 Å². The second-order valence-electron chi connectivity index (χ2n) is 3.74. The molecule has 3 rings (SSSR count). The van der Waals surface area contributed by atoms with Gasteiger partial charge in [-0.25, -0.2) is 0 Å². The minimum absolute atomic E-state index is 0.364. The van der Waals surface area contributed by atoms with Gasteiger partial charge in [-0.15, -0.1) is 0 Å². The molecule has 0 saturated heterocycles. The number of benzene rings is 1. The lowest BCUT2D eigenvalue weighted by Crippen LogP contribution is -2.21. The van der Waals surface area contributed by atoms with Crippen LogP contribution < -0.4 is 5.32 Å². The predicted molar refractivity (Wildman–Crippen MR) is 64.4 cm³/mol. The number of carbonyl (C=O) groups is 2. The van der Waals surface area contributed by atoms with Gasteiger partial charge in [-0.1, -0.05) is 23.7 Å². The fourth-order valence-electron chi connectivity index (χ4n) is 1.95. The van der Waals surface area contributed by atoms with E-state index in [1.54, 1.807) is 18.3 Å². The summed E-state index contributed by atoms with van der Waals surface area (Å²) in [6, 6.07) is 5.42. The van der Waals surface area contributed by atoms with Crippen molar-refractivity contribution in [1.82, 2.24) is 10.3 Å². The van der Waals surface area contributed by atoms with Crippen molar-refractivity contribution in [1.29, 1.82) is 0 Å². The summed E-state index contributed by atoms with van der Waals surface area (Å²) in [6.07, 6.45) is 2.98. The fraction of sp³-hybridized carbons (Fsp3) is 0. The molecular formula is C12H7ClN2O2. The van der Waals surface area contributed by atoms with Gasteiger partial charge in [-0.3, -0.25) is 14.9 Å². The Morgan fingerprint density at radius 3 is 2.71 bits per heavy atom. The highest BCUT2D eigenvalue weighted by atomic mass is 35.5. The molecule has 84 valence electrons. The number of H-pyrrole nitrogens is 1. The first-order valence-electron chi connectivity index (χ1n) is 5.00. The first-order valence-corrected chi connectivity index (χ1v) is 5.37. The maximum Gasteiger partial charge on any atom is 0.258 e. The van der Waals surface area contributed by atoms with Gasteiger partial charge in [-0.2, -0.15) is 0 Å². The van der Waals surface area contributed by atoms with E-state index in [0.29, 0.717) is 16.2 Å². The number of hydrogen-bond donors (Lipinski definition) is 2. The summed E-state index contributed by atoms with van der Waals surface area (Å²) in [7, 11) is 0. The quantitative estimate of drug-likeness (QED) is 0.755. The molecule has 2 aromatic rings. The molecule has 0 saturated carbocycles. The number of aromatic nitrogens is 1. The van der Waals surface area contributed by atoms with Gasteiger partial charge in [0, 0.05) is 23.2 Å². The third kappa shape index (κ3) is 1.45. The van der Waals surface area contributed by atoms with Crippen LogP contribution in [0.1, 0.15) is 5.56 Å². The molecule has 0 unspecified atom stereocenters. The third-order valence-corrected chi connectivity index (χ3v) is 3.03. The first kappa shape index (κ1) is 10.1. The lowest BCUT2D eigenvalue weighted by Gasteiger charge is -1.98. The largest absolute Gasteiger partial charge is 0.359 e. The van der Waals surface area contributed by atoms with Crippen LogP contribution in [0.25, 0.3) is 16.5 Å². The SMILES string of the molecule is O=C1C=C(c2c[nH]c3c(Cl)cccc23)C(=O)N1. The Balaban J connectivity index is 2.26. The molecule has 17 heavy (non-hydrogen) atoms. The number of halogens is 1. The van der Waals surface area contributed by atoms with Crippen molar-refractivity contribution in [2.24, 2.45) is 0 Å². The zero-order valence-corrected chi connectivity index (χ0v) is 9.34. The van der Waals surface area contributed by atoms with Crippen LogP contribution in [0.4, 0.5) is 0 Å². The van der Waals surface area contributed by atoms with Gasteiger partial charge in [0.05, 0.1) is 16.1 Å². The molecule has 2 heterocycles. The van der Waals surface area contributed by atoms with Crippen molar-refractivity contribution in [2.45, 2.75) is 0 Å². The van der Waals surface area contributed by atoms with Gasteiger partial charge in [0.25, 0.3) is 11.8 Å². The maximum absolute atomic E-state index is 11.6.